The van der Waals surface area contributed by atoms with Crippen LogP contribution in [0.4, 0.5) is 0 Å². The summed E-state index contributed by atoms with van der Waals surface area (Å²) in [6.45, 7) is 3.44. The maximum Gasteiger partial charge on any atom is 0.281 e. The van der Waals surface area contributed by atoms with Gasteiger partial charge in [0, 0.05) is 33.1 Å². The fourth-order valence-corrected chi connectivity index (χ4v) is 3.19. The van der Waals surface area contributed by atoms with E-state index >= 15 is 0 Å². The first-order valence-corrected chi connectivity index (χ1v) is 7.50. The Morgan fingerprint density at radius 2 is 2.00 bits per heavy atom. The summed E-state index contributed by atoms with van der Waals surface area (Å²) in [5.41, 5.74) is 0. The van der Waals surface area contributed by atoms with E-state index < -0.39 is 10.2 Å². The maximum atomic E-state index is 12.2. The minimum absolute atomic E-state index is 0.235. The van der Waals surface area contributed by atoms with Crippen molar-refractivity contribution in [2.45, 2.75) is 32.6 Å². The van der Waals surface area contributed by atoms with Gasteiger partial charge >= 0.3 is 0 Å². The molecule has 0 bridgehead atoms. The zero-order valence-electron chi connectivity index (χ0n) is 10.6. The van der Waals surface area contributed by atoms with E-state index in [-0.39, 0.29) is 13.0 Å². The molecule has 0 saturated heterocycles. The van der Waals surface area contributed by atoms with Gasteiger partial charge in [0.05, 0.1) is 6.07 Å². The Morgan fingerprint density at radius 3 is 2.47 bits per heavy atom. The van der Waals surface area contributed by atoms with Gasteiger partial charge in [0.2, 0.25) is 0 Å². The molecule has 0 heterocycles. The van der Waals surface area contributed by atoms with E-state index in [9.17, 15) is 8.42 Å². The molecule has 0 radical (unpaired) electrons. The van der Waals surface area contributed by atoms with E-state index in [1.807, 2.05) is 13.0 Å². The smallest absolute Gasteiger partial charge is 0.198 e. The van der Waals surface area contributed by atoms with Crippen molar-refractivity contribution >= 4 is 10.2 Å². The highest BCUT2D eigenvalue weighted by Crippen LogP contribution is 2.30. The van der Waals surface area contributed by atoms with Crippen molar-refractivity contribution in [3.05, 3.63) is 0 Å². The van der Waals surface area contributed by atoms with Gasteiger partial charge in [0.25, 0.3) is 10.2 Å². The molecule has 0 amide bonds. The maximum absolute atomic E-state index is 12.2. The normalized spacial score (nSPS) is 16.4. The van der Waals surface area contributed by atoms with Gasteiger partial charge in [-0.15, -0.1) is 0 Å². The van der Waals surface area contributed by atoms with Gasteiger partial charge in [-0.3, -0.25) is 0 Å². The first-order valence-electron chi connectivity index (χ1n) is 6.10. The molecule has 17 heavy (non-hydrogen) atoms. The highest BCUT2D eigenvalue weighted by atomic mass is 32.2. The average Bonchev–Trinajstić information content (AvgIpc) is 3.09. The SMILES string of the molecule is CCCN(CC1CC1)S(=O)(=O)N(C)CCC#N. The lowest BCUT2D eigenvalue weighted by molar-refractivity contribution is 0.350. The monoisotopic (exact) mass is 259 g/mol. The Kier molecular flexibility index (Phi) is 5.37. The average molecular weight is 259 g/mol. The van der Waals surface area contributed by atoms with Crippen molar-refractivity contribution in [2.24, 2.45) is 5.92 Å². The van der Waals surface area contributed by atoms with E-state index in [4.69, 9.17) is 5.26 Å². The summed E-state index contributed by atoms with van der Waals surface area (Å²) in [6, 6.07) is 1.97. The second kappa shape index (κ2) is 6.34. The summed E-state index contributed by atoms with van der Waals surface area (Å²) in [4.78, 5) is 0. The summed E-state index contributed by atoms with van der Waals surface area (Å²) in [5.74, 6) is 0.542. The van der Waals surface area contributed by atoms with Crippen molar-refractivity contribution in [3.63, 3.8) is 0 Å². The predicted octanol–water partition coefficient (Wildman–Crippen LogP) is 1.20. The molecule has 6 heteroatoms. The molecule has 1 aliphatic rings. The molecule has 1 aliphatic carbocycles. The highest BCUT2D eigenvalue weighted by molar-refractivity contribution is 7.86. The predicted molar refractivity (Wildman–Crippen MR) is 66.4 cm³/mol. The third kappa shape index (κ3) is 4.26. The lowest BCUT2D eigenvalue weighted by atomic mass is 10.4. The fraction of sp³-hybridized carbons (Fsp3) is 0.909. The lowest BCUT2D eigenvalue weighted by Crippen LogP contribution is -2.43. The van der Waals surface area contributed by atoms with Gasteiger partial charge in [-0.05, 0) is 25.2 Å². The number of nitrogens with zero attached hydrogens (tertiary/aromatic N) is 3. The largest absolute Gasteiger partial charge is 0.281 e. The molecular weight excluding hydrogens is 238 g/mol. The van der Waals surface area contributed by atoms with Gasteiger partial charge < -0.3 is 0 Å². The molecule has 0 unspecified atom stereocenters. The second-order valence-corrected chi connectivity index (χ2v) is 6.57. The first kappa shape index (κ1) is 14.4. The number of nitriles is 1. The Hall–Kier alpha value is -0.640. The Bertz CT molecular complexity index is 371. The molecule has 98 valence electrons. The number of rotatable bonds is 8. The Labute approximate surface area is 104 Å². The molecule has 1 rings (SSSR count). The molecule has 1 saturated carbocycles. The minimum Gasteiger partial charge on any atom is -0.198 e. The van der Waals surface area contributed by atoms with E-state index in [2.05, 4.69) is 0 Å². The van der Waals surface area contributed by atoms with Crippen LogP contribution in [0.1, 0.15) is 32.6 Å². The summed E-state index contributed by atoms with van der Waals surface area (Å²) in [6.07, 6.45) is 3.33. The molecule has 0 aromatic rings. The van der Waals surface area contributed by atoms with Crippen LogP contribution in [0.3, 0.4) is 0 Å². The van der Waals surface area contributed by atoms with Crippen LogP contribution in [-0.2, 0) is 10.2 Å². The van der Waals surface area contributed by atoms with Crippen molar-refractivity contribution in [1.82, 2.24) is 8.61 Å². The Morgan fingerprint density at radius 1 is 1.35 bits per heavy atom. The zero-order valence-corrected chi connectivity index (χ0v) is 11.4. The summed E-state index contributed by atoms with van der Waals surface area (Å²) < 4.78 is 27.3. The van der Waals surface area contributed by atoms with Crippen molar-refractivity contribution in [3.8, 4) is 6.07 Å². The summed E-state index contributed by atoms with van der Waals surface area (Å²) in [7, 11) is -1.83. The number of hydrogen-bond acceptors (Lipinski definition) is 3. The van der Waals surface area contributed by atoms with Crippen LogP contribution in [0.15, 0.2) is 0 Å². The van der Waals surface area contributed by atoms with Gasteiger partial charge in [0.1, 0.15) is 0 Å². The molecule has 0 N–H and O–H groups in total. The molecule has 0 spiro atoms. The third-order valence-corrected chi connectivity index (χ3v) is 4.84. The molecule has 0 aromatic heterocycles. The summed E-state index contributed by atoms with van der Waals surface area (Å²) in [5, 5.41) is 8.49. The van der Waals surface area contributed by atoms with Crippen LogP contribution in [0.5, 0.6) is 0 Å². The van der Waals surface area contributed by atoms with Gasteiger partial charge in [0.15, 0.2) is 0 Å². The van der Waals surface area contributed by atoms with Crippen molar-refractivity contribution in [1.29, 1.82) is 5.26 Å². The zero-order chi connectivity index (χ0) is 12.9. The van der Waals surface area contributed by atoms with Crippen LogP contribution < -0.4 is 0 Å². The number of hydrogen-bond donors (Lipinski definition) is 0. The quantitative estimate of drug-likeness (QED) is 0.658. The fourth-order valence-electron chi connectivity index (χ4n) is 1.66. The van der Waals surface area contributed by atoms with E-state index in [0.717, 1.165) is 19.3 Å². The van der Waals surface area contributed by atoms with E-state index in [0.29, 0.717) is 19.0 Å². The van der Waals surface area contributed by atoms with Crippen LogP contribution >= 0.6 is 0 Å². The van der Waals surface area contributed by atoms with E-state index in [1.54, 1.807) is 11.4 Å². The molecule has 1 fully saturated rings. The van der Waals surface area contributed by atoms with Gasteiger partial charge in [-0.2, -0.15) is 22.3 Å². The molecular formula is C11H21N3O2S. The molecule has 5 nitrogen and oxygen atoms in total. The standard InChI is InChI=1S/C11H21N3O2S/c1-3-8-14(10-11-5-6-11)17(15,16)13(2)9-4-7-12/h11H,3-6,8-10H2,1-2H3. The van der Waals surface area contributed by atoms with Crippen molar-refractivity contribution < 1.29 is 8.42 Å². The first-order chi connectivity index (χ1) is 8.02. The van der Waals surface area contributed by atoms with Gasteiger partial charge in [-0.1, -0.05) is 6.92 Å². The van der Waals surface area contributed by atoms with Crippen molar-refractivity contribution in [2.75, 3.05) is 26.7 Å². The minimum atomic E-state index is -3.37. The lowest BCUT2D eigenvalue weighted by Gasteiger charge is -2.26. The van der Waals surface area contributed by atoms with Gasteiger partial charge in [-0.25, -0.2) is 0 Å². The third-order valence-electron chi connectivity index (χ3n) is 2.89. The molecule has 0 aromatic carbocycles. The second-order valence-electron chi connectivity index (χ2n) is 4.54. The Balaban J connectivity index is 2.64. The van der Waals surface area contributed by atoms with E-state index in [1.165, 1.54) is 4.31 Å². The van der Waals surface area contributed by atoms with Crippen LogP contribution in [0.25, 0.3) is 0 Å². The molecule has 0 aliphatic heterocycles. The highest BCUT2D eigenvalue weighted by Gasteiger charge is 2.32. The van der Waals surface area contributed by atoms with Crippen LogP contribution in [0, 0.1) is 17.2 Å². The van der Waals surface area contributed by atoms with Crippen LogP contribution in [-0.4, -0.2) is 43.7 Å². The van der Waals surface area contributed by atoms with Crippen LogP contribution in [0.2, 0.25) is 0 Å². The topological polar surface area (TPSA) is 64.4 Å². The molecule has 0 atom stereocenters. The summed E-state index contributed by atoms with van der Waals surface area (Å²) >= 11 is 0.